The molecular weight excluding hydrogens is 502 g/mol. The van der Waals surface area contributed by atoms with Crippen LogP contribution in [0.25, 0.3) is 0 Å². The van der Waals surface area contributed by atoms with Crippen LogP contribution < -0.4 is 16.0 Å². The summed E-state index contributed by atoms with van der Waals surface area (Å²) in [7, 11) is -3.82. The van der Waals surface area contributed by atoms with Gasteiger partial charge in [-0.1, -0.05) is 48.0 Å². The molecule has 0 fully saturated rings. The largest absolute Gasteiger partial charge is 0.478 e. The highest BCUT2D eigenvalue weighted by atomic mass is 35.5. The zero-order valence-corrected chi connectivity index (χ0v) is 21.3. The summed E-state index contributed by atoms with van der Waals surface area (Å²) in [5.41, 5.74) is 4.05. The lowest BCUT2D eigenvalue weighted by Gasteiger charge is -2.18. The van der Waals surface area contributed by atoms with Crippen LogP contribution in [0.2, 0.25) is 5.02 Å². The number of carbonyl (C=O) groups excluding carboxylic acids is 1. The minimum absolute atomic E-state index is 0.0231. The predicted molar refractivity (Wildman–Crippen MR) is 138 cm³/mol. The molecule has 0 radical (unpaired) electrons. The minimum atomic E-state index is -3.82. The number of carboxylic acid groups (broad SMARTS) is 1. The lowest BCUT2D eigenvalue weighted by molar-refractivity contribution is 0.0697. The van der Waals surface area contributed by atoms with Crippen molar-refractivity contribution in [3.8, 4) is 0 Å². The zero-order valence-electron chi connectivity index (χ0n) is 19.8. The maximum absolute atomic E-state index is 13.1. The molecule has 0 aliphatic carbocycles. The van der Waals surface area contributed by atoms with Crippen LogP contribution >= 0.6 is 11.6 Å². The molecule has 1 atom stereocenters. The number of anilines is 1. The standard InChI is InChI=1S/C26H26ClN3O5S/c1-15-4-3-5-21(24(15)27)16(2)29-26(33)30-23-9-8-20(11-22(23)25(31)32)36(34,35)14-17-6-7-18-12-28-13-19(18)10-17/h3-11,16,28H,12-14H2,1-2H3,(H,31,32)(H2,29,30,33). The van der Waals surface area contributed by atoms with Gasteiger partial charge in [0.15, 0.2) is 9.84 Å². The molecule has 3 aromatic carbocycles. The summed E-state index contributed by atoms with van der Waals surface area (Å²) in [5, 5.41) is 18.7. The van der Waals surface area contributed by atoms with Crippen LogP contribution in [0.15, 0.2) is 59.5 Å². The summed E-state index contributed by atoms with van der Waals surface area (Å²) in [6, 6.07) is 13.6. The van der Waals surface area contributed by atoms with Crippen molar-refractivity contribution in [2.45, 2.75) is 43.6 Å². The molecule has 1 aliphatic rings. The average molecular weight is 528 g/mol. The van der Waals surface area contributed by atoms with E-state index in [1.807, 2.05) is 31.2 Å². The number of aryl methyl sites for hydroxylation is 1. The first-order valence-corrected chi connectivity index (χ1v) is 13.3. The Morgan fingerprint density at radius 3 is 2.58 bits per heavy atom. The highest BCUT2D eigenvalue weighted by Crippen LogP contribution is 2.27. The lowest BCUT2D eigenvalue weighted by Crippen LogP contribution is -2.32. The van der Waals surface area contributed by atoms with Crippen molar-refractivity contribution >= 4 is 39.1 Å². The molecule has 8 nitrogen and oxygen atoms in total. The van der Waals surface area contributed by atoms with Crippen LogP contribution in [-0.4, -0.2) is 25.5 Å². The van der Waals surface area contributed by atoms with Crippen LogP contribution in [0.4, 0.5) is 10.5 Å². The molecule has 1 aliphatic heterocycles. The Morgan fingerprint density at radius 2 is 1.83 bits per heavy atom. The number of benzene rings is 3. The first-order valence-electron chi connectivity index (χ1n) is 11.3. The molecule has 0 bridgehead atoms. The zero-order chi connectivity index (χ0) is 26.0. The molecule has 10 heteroatoms. The topological polar surface area (TPSA) is 125 Å². The van der Waals surface area contributed by atoms with Crippen LogP contribution in [0.1, 0.15) is 51.1 Å². The minimum Gasteiger partial charge on any atom is -0.478 e. The second kappa shape index (κ2) is 10.3. The molecular formula is C26H26ClN3O5S. The van der Waals surface area contributed by atoms with E-state index in [0.29, 0.717) is 22.7 Å². The Hall–Kier alpha value is -3.40. The van der Waals surface area contributed by atoms with Crippen LogP contribution in [0.3, 0.4) is 0 Å². The highest BCUT2D eigenvalue weighted by molar-refractivity contribution is 7.90. The van der Waals surface area contributed by atoms with Gasteiger partial charge in [0.25, 0.3) is 0 Å². The summed E-state index contributed by atoms with van der Waals surface area (Å²) < 4.78 is 26.1. The number of hydrogen-bond acceptors (Lipinski definition) is 5. The third-order valence-electron chi connectivity index (χ3n) is 6.12. The summed E-state index contributed by atoms with van der Waals surface area (Å²) in [6.45, 7) is 5.05. The summed E-state index contributed by atoms with van der Waals surface area (Å²) in [6.07, 6.45) is 0. The molecule has 36 heavy (non-hydrogen) atoms. The molecule has 1 heterocycles. The number of nitrogens with one attached hydrogen (secondary N) is 3. The van der Waals surface area contributed by atoms with Crippen molar-refractivity contribution < 1.29 is 23.1 Å². The fraction of sp³-hybridized carbons (Fsp3) is 0.231. The first kappa shape index (κ1) is 25.7. The molecule has 2 amide bonds. The number of halogens is 1. The lowest BCUT2D eigenvalue weighted by atomic mass is 10.1. The van der Waals surface area contributed by atoms with Gasteiger partial charge >= 0.3 is 12.0 Å². The first-order chi connectivity index (χ1) is 17.0. The third kappa shape index (κ3) is 5.53. The fourth-order valence-electron chi connectivity index (χ4n) is 4.18. The number of amides is 2. The van der Waals surface area contributed by atoms with Crippen LogP contribution in [-0.2, 0) is 28.7 Å². The van der Waals surface area contributed by atoms with Crippen molar-refractivity contribution in [2.75, 3.05) is 5.32 Å². The van der Waals surface area contributed by atoms with E-state index in [4.69, 9.17) is 11.6 Å². The highest BCUT2D eigenvalue weighted by Gasteiger charge is 2.22. The second-order valence-corrected chi connectivity index (χ2v) is 11.1. The Bertz CT molecular complexity index is 1460. The molecule has 0 spiro atoms. The molecule has 0 saturated carbocycles. The van der Waals surface area contributed by atoms with Crippen molar-refractivity contribution in [2.24, 2.45) is 0 Å². The molecule has 3 aromatic rings. The van der Waals surface area contributed by atoms with E-state index in [-0.39, 0.29) is 21.9 Å². The van der Waals surface area contributed by atoms with Gasteiger partial charge in [-0.2, -0.15) is 0 Å². The Kier molecular flexibility index (Phi) is 7.35. The van der Waals surface area contributed by atoms with Gasteiger partial charge in [0.1, 0.15) is 0 Å². The van der Waals surface area contributed by atoms with E-state index in [1.165, 1.54) is 12.1 Å². The predicted octanol–water partition coefficient (Wildman–Crippen LogP) is 4.81. The smallest absolute Gasteiger partial charge is 0.337 e. The van der Waals surface area contributed by atoms with E-state index >= 15 is 0 Å². The molecule has 0 saturated heterocycles. The normalized spacial score (nSPS) is 13.6. The number of sulfone groups is 1. The van der Waals surface area contributed by atoms with Gasteiger partial charge in [0.2, 0.25) is 0 Å². The van der Waals surface area contributed by atoms with E-state index in [0.717, 1.165) is 29.3 Å². The summed E-state index contributed by atoms with van der Waals surface area (Å²) >= 11 is 6.33. The van der Waals surface area contributed by atoms with E-state index < -0.39 is 27.9 Å². The van der Waals surface area contributed by atoms with Crippen LogP contribution in [0, 0.1) is 6.92 Å². The molecule has 1 unspecified atom stereocenters. The Morgan fingerprint density at radius 1 is 1.08 bits per heavy atom. The second-order valence-electron chi connectivity index (χ2n) is 8.78. The number of rotatable bonds is 7. The Balaban J connectivity index is 1.52. The molecule has 4 rings (SSSR count). The monoisotopic (exact) mass is 527 g/mol. The van der Waals surface area contributed by atoms with Crippen molar-refractivity contribution in [3.05, 3.63) is 93.0 Å². The number of carboxylic acids is 1. The van der Waals surface area contributed by atoms with E-state index in [9.17, 15) is 23.1 Å². The van der Waals surface area contributed by atoms with Crippen LogP contribution in [0.5, 0.6) is 0 Å². The van der Waals surface area contributed by atoms with Crippen molar-refractivity contribution in [3.63, 3.8) is 0 Å². The quantitative estimate of drug-likeness (QED) is 0.349. The fourth-order valence-corrected chi connectivity index (χ4v) is 5.83. The number of aromatic carboxylic acids is 1. The summed E-state index contributed by atoms with van der Waals surface area (Å²) in [5.74, 6) is -1.62. The van der Waals surface area contributed by atoms with E-state index in [1.54, 1.807) is 19.1 Å². The van der Waals surface area contributed by atoms with Crippen molar-refractivity contribution in [1.29, 1.82) is 0 Å². The van der Waals surface area contributed by atoms with Gasteiger partial charge in [-0.05, 0) is 59.9 Å². The SMILES string of the molecule is Cc1cccc(C(C)NC(=O)Nc2ccc(S(=O)(=O)Cc3ccc4c(c3)CNC4)cc2C(=O)O)c1Cl. The molecule has 4 N–H and O–H groups in total. The summed E-state index contributed by atoms with van der Waals surface area (Å²) in [4.78, 5) is 24.4. The van der Waals surface area contributed by atoms with Gasteiger partial charge in [-0.15, -0.1) is 0 Å². The van der Waals surface area contributed by atoms with Crippen molar-refractivity contribution in [1.82, 2.24) is 10.6 Å². The third-order valence-corrected chi connectivity index (χ3v) is 8.32. The maximum Gasteiger partial charge on any atom is 0.337 e. The average Bonchev–Trinajstić information content (AvgIpc) is 3.28. The van der Waals surface area contributed by atoms with Gasteiger partial charge in [-0.3, -0.25) is 0 Å². The van der Waals surface area contributed by atoms with E-state index in [2.05, 4.69) is 16.0 Å². The van der Waals surface area contributed by atoms with Gasteiger partial charge in [0.05, 0.1) is 27.9 Å². The number of carbonyl (C=O) groups is 2. The maximum atomic E-state index is 13.1. The number of hydrogen-bond donors (Lipinski definition) is 4. The number of urea groups is 1. The molecule has 188 valence electrons. The number of fused-ring (bicyclic) bond motifs is 1. The van der Waals surface area contributed by atoms with Gasteiger partial charge < -0.3 is 21.1 Å². The van der Waals surface area contributed by atoms with Gasteiger partial charge in [-0.25, -0.2) is 18.0 Å². The van der Waals surface area contributed by atoms with Gasteiger partial charge in [0, 0.05) is 18.1 Å². The molecule has 0 aromatic heterocycles. The Labute approximate surface area is 214 Å².